The van der Waals surface area contributed by atoms with E-state index >= 15 is 0 Å². The number of nitrogens with two attached hydrogens (primary N) is 1. The van der Waals surface area contributed by atoms with Crippen LogP contribution in [0.5, 0.6) is 5.75 Å². The summed E-state index contributed by atoms with van der Waals surface area (Å²) < 4.78 is 31.8. The van der Waals surface area contributed by atoms with Crippen LogP contribution in [0.15, 0.2) is 18.2 Å². The van der Waals surface area contributed by atoms with Crippen LogP contribution in [0.3, 0.4) is 0 Å². The van der Waals surface area contributed by atoms with Crippen molar-refractivity contribution in [3.63, 3.8) is 0 Å². The number of methoxy groups -OCH3 is 1. The van der Waals surface area contributed by atoms with Gasteiger partial charge in [0.25, 0.3) is 0 Å². The first-order valence-corrected chi connectivity index (χ1v) is 7.67. The number of hydrogen-bond donors (Lipinski definition) is 1. The first-order chi connectivity index (χ1) is 8.81. The van der Waals surface area contributed by atoms with E-state index in [9.17, 15) is 13.2 Å². The highest BCUT2D eigenvalue weighted by Crippen LogP contribution is 2.19. The molecule has 1 aromatic rings. The number of rotatable bonds is 6. The van der Waals surface area contributed by atoms with Crippen molar-refractivity contribution in [2.75, 3.05) is 31.5 Å². The molecule has 0 aliphatic heterocycles. The van der Waals surface area contributed by atoms with Gasteiger partial charge in [-0.3, -0.25) is 0 Å². The molecular weight excluding hydrogens is 270 g/mol. The number of ether oxygens (including phenoxy) is 2. The van der Waals surface area contributed by atoms with Crippen molar-refractivity contribution in [3.8, 4) is 5.75 Å². The summed E-state index contributed by atoms with van der Waals surface area (Å²) in [5, 5.41) is 0. The molecule has 0 spiro atoms. The maximum Gasteiger partial charge on any atom is 0.338 e. The van der Waals surface area contributed by atoms with Gasteiger partial charge in [-0.15, -0.1) is 0 Å². The average Bonchev–Trinajstić information content (AvgIpc) is 2.32. The SMILES string of the molecule is COc1cc(N)cc(C(=O)OCCCS(C)(=O)=O)c1. The largest absolute Gasteiger partial charge is 0.497 e. The van der Waals surface area contributed by atoms with Crippen LogP contribution in [0.4, 0.5) is 5.69 Å². The van der Waals surface area contributed by atoms with Gasteiger partial charge in [-0.2, -0.15) is 0 Å². The average molecular weight is 287 g/mol. The minimum Gasteiger partial charge on any atom is -0.497 e. The van der Waals surface area contributed by atoms with Crippen molar-refractivity contribution in [3.05, 3.63) is 23.8 Å². The summed E-state index contributed by atoms with van der Waals surface area (Å²) in [5.74, 6) is -0.109. The fourth-order valence-electron chi connectivity index (χ4n) is 1.43. The Morgan fingerprint density at radius 2 is 2.00 bits per heavy atom. The predicted molar refractivity (Wildman–Crippen MR) is 72.0 cm³/mol. The fourth-order valence-corrected chi connectivity index (χ4v) is 2.07. The van der Waals surface area contributed by atoms with E-state index in [1.54, 1.807) is 6.07 Å². The third-order valence-electron chi connectivity index (χ3n) is 2.29. The molecule has 0 radical (unpaired) electrons. The zero-order valence-electron chi connectivity index (χ0n) is 10.9. The number of carbonyl (C=O) groups excluding carboxylic acids is 1. The number of carbonyl (C=O) groups is 1. The Bertz CT molecular complexity index is 553. The smallest absolute Gasteiger partial charge is 0.338 e. The monoisotopic (exact) mass is 287 g/mol. The Labute approximate surface area is 112 Å². The molecule has 0 aliphatic carbocycles. The van der Waals surface area contributed by atoms with Crippen molar-refractivity contribution < 1.29 is 22.7 Å². The van der Waals surface area contributed by atoms with E-state index < -0.39 is 15.8 Å². The minimum absolute atomic E-state index is 0.0134. The van der Waals surface area contributed by atoms with E-state index in [4.69, 9.17) is 15.2 Å². The second kappa shape index (κ2) is 6.42. The van der Waals surface area contributed by atoms with Crippen molar-refractivity contribution >= 4 is 21.5 Å². The molecule has 7 heteroatoms. The Kier molecular flexibility index (Phi) is 5.17. The summed E-state index contributed by atoms with van der Waals surface area (Å²) >= 11 is 0. The molecule has 0 atom stereocenters. The summed E-state index contributed by atoms with van der Waals surface area (Å²) in [4.78, 5) is 11.7. The van der Waals surface area contributed by atoms with E-state index in [1.165, 1.54) is 19.2 Å². The van der Waals surface area contributed by atoms with E-state index in [0.29, 0.717) is 11.4 Å². The number of nitrogen functional groups attached to an aromatic ring is 1. The molecular formula is C12H17NO5S. The number of esters is 1. The van der Waals surface area contributed by atoms with Gasteiger partial charge < -0.3 is 15.2 Å². The van der Waals surface area contributed by atoms with Crippen LogP contribution in [0, 0.1) is 0 Å². The van der Waals surface area contributed by atoms with Gasteiger partial charge in [0, 0.05) is 18.0 Å². The summed E-state index contributed by atoms with van der Waals surface area (Å²) in [6.45, 7) is 0.0447. The molecule has 6 nitrogen and oxygen atoms in total. The van der Waals surface area contributed by atoms with E-state index in [-0.39, 0.29) is 24.3 Å². The molecule has 0 saturated carbocycles. The van der Waals surface area contributed by atoms with Crippen LogP contribution in [0.25, 0.3) is 0 Å². The number of benzene rings is 1. The van der Waals surface area contributed by atoms with Gasteiger partial charge in [0.2, 0.25) is 0 Å². The maximum atomic E-state index is 11.7. The van der Waals surface area contributed by atoms with Crippen molar-refractivity contribution in [2.24, 2.45) is 0 Å². The molecule has 2 N–H and O–H groups in total. The predicted octanol–water partition coefficient (Wildman–Crippen LogP) is 0.869. The molecule has 0 aliphatic rings. The molecule has 0 saturated heterocycles. The summed E-state index contributed by atoms with van der Waals surface area (Å²) in [6, 6.07) is 4.57. The van der Waals surface area contributed by atoms with Gasteiger partial charge in [-0.25, -0.2) is 13.2 Å². The third kappa shape index (κ3) is 5.60. The molecule has 0 heterocycles. The van der Waals surface area contributed by atoms with Crippen molar-refractivity contribution in [1.29, 1.82) is 0 Å². The lowest BCUT2D eigenvalue weighted by molar-refractivity contribution is 0.0505. The minimum atomic E-state index is -3.04. The molecule has 106 valence electrons. The molecule has 0 fully saturated rings. The number of anilines is 1. The van der Waals surface area contributed by atoms with Crippen LogP contribution in [0.1, 0.15) is 16.8 Å². The van der Waals surface area contributed by atoms with Crippen molar-refractivity contribution in [1.82, 2.24) is 0 Å². The number of hydrogen-bond acceptors (Lipinski definition) is 6. The first kappa shape index (κ1) is 15.3. The Morgan fingerprint density at radius 3 is 2.58 bits per heavy atom. The second-order valence-corrected chi connectivity index (χ2v) is 6.37. The highest BCUT2D eigenvalue weighted by atomic mass is 32.2. The van der Waals surface area contributed by atoms with Crippen LogP contribution >= 0.6 is 0 Å². The molecule has 0 unspecified atom stereocenters. The molecule has 0 aromatic heterocycles. The molecule has 0 bridgehead atoms. The Morgan fingerprint density at radius 1 is 1.32 bits per heavy atom. The topological polar surface area (TPSA) is 95.7 Å². The zero-order valence-corrected chi connectivity index (χ0v) is 11.7. The summed E-state index contributed by atoms with van der Waals surface area (Å²) in [7, 11) is -1.57. The number of sulfone groups is 1. The quantitative estimate of drug-likeness (QED) is 0.474. The Balaban J connectivity index is 2.56. The van der Waals surface area contributed by atoms with E-state index in [0.717, 1.165) is 6.26 Å². The highest BCUT2D eigenvalue weighted by Gasteiger charge is 2.10. The summed E-state index contributed by atoms with van der Waals surface area (Å²) in [5.41, 5.74) is 6.28. The summed E-state index contributed by atoms with van der Waals surface area (Å²) in [6.07, 6.45) is 1.40. The first-order valence-electron chi connectivity index (χ1n) is 5.61. The molecule has 19 heavy (non-hydrogen) atoms. The molecule has 0 amide bonds. The molecule has 1 aromatic carbocycles. The fraction of sp³-hybridized carbons (Fsp3) is 0.417. The normalized spacial score (nSPS) is 11.1. The van der Waals surface area contributed by atoms with Crippen molar-refractivity contribution in [2.45, 2.75) is 6.42 Å². The van der Waals surface area contributed by atoms with Crippen LogP contribution in [-0.4, -0.2) is 40.1 Å². The van der Waals surface area contributed by atoms with E-state index in [2.05, 4.69) is 0 Å². The standard InChI is InChI=1S/C12H17NO5S/c1-17-11-7-9(6-10(13)8-11)12(14)18-4-3-5-19(2,15)16/h6-8H,3-5,13H2,1-2H3. The molecule has 1 rings (SSSR count). The van der Waals surface area contributed by atoms with Crippen LogP contribution in [-0.2, 0) is 14.6 Å². The lowest BCUT2D eigenvalue weighted by atomic mass is 10.2. The van der Waals surface area contributed by atoms with Gasteiger partial charge in [0.05, 0.1) is 25.0 Å². The van der Waals surface area contributed by atoms with Gasteiger partial charge in [-0.1, -0.05) is 0 Å². The third-order valence-corrected chi connectivity index (χ3v) is 3.32. The Hall–Kier alpha value is -1.76. The lowest BCUT2D eigenvalue weighted by Crippen LogP contribution is -2.11. The lowest BCUT2D eigenvalue weighted by Gasteiger charge is -2.07. The van der Waals surface area contributed by atoms with Crippen LogP contribution < -0.4 is 10.5 Å². The van der Waals surface area contributed by atoms with Gasteiger partial charge in [-0.05, 0) is 18.6 Å². The van der Waals surface area contributed by atoms with Crippen LogP contribution in [0.2, 0.25) is 0 Å². The van der Waals surface area contributed by atoms with Gasteiger partial charge in [0.15, 0.2) is 0 Å². The van der Waals surface area contributed by atoms with Gasteiger partial charge >= 0.3 is 5.97 Å². The highest BCUT2D eigenvalue weighted by molar-refractivity contribution is 7.90. The second-order valence-electron chi connectivity index (χ2n) is 4.11. The van der Waals surface area contributed by atoms with Gasteiger partial charge in [0.1, 0.15) is 15.6 Å². The maximum absolute atomic E-state index is 11.7. The zero-order chi connectivity index (χ0) is 14.5. The van der Waals surface area contributed by atoms with E-state index in [1.807, 2.05) is 0 Å².